The minimum absolute atomic E-state index is 0.754. The lowest BCUT2D eigenvalue weighted by Crippen LogP contribution is -2.10. The molecule has 3 heteroatoms. The lowest BCUT2D eigenvalue weighted by molar-refractivity contribution is 1.08. The first kappa shape index (κ1) is 8.56. The van der Waals surface area contributed by atoms with Crippen LogP contribution in [0.2, 0.25) is 0 Å². The van der Waals surface area contributed by atoms with E-state index in [1.165, 1.54) is 0 Å². The van der Waals surface area contributed by atoms with Crippen LogP contribution in [0.15, 0.2) is 54.3 Å². The van der Waals surface area contributed by atoms with Crippen molar-refractivity contribution in [1.82, 2.24) is 10.3 Å². The van der Waals surface area contributed by atoms with Gasteiger partial charge < -0.3 is 11.1 Å². The second kappa shape index (κ2) is 3.79. The highest BCUT2D eigenvalue weighted by Crippen LogP contribution is 2.08. The van der Waals surface area contributed by atoms with E-state index in [0.717, 1.165) is 17.0 Å². The van der Waals surface area contributed by atoms with Crippen LogP contribution in [-0.2, 0) is 0 Å². The molecule has 0 unspecified atom stereocenters. The zero-order valence-corrected chi connectivity index (χ0v) is 7.64. The Morgan fingerprint density at radius 2 is 2.07 bits per heavy atom. The van der Waals surface area contributed by atoms with Crippen molar-refractivity contribution in [3.8, 4) is 0 Å². The molecule has 1 aliphatic rings. The number of rotatable bonds is 1. The normalized spacial score (nSPS) is 17.7. The summed E-state index contributed by atoms with van der Waals surface area (Å²) in [6.07, 6.45) is 11.1. The third-order valence-corrected chi connectivity index (χ3v) is 1.88. The average molecular weight is 185 g/mol. The molecule has 0 fully saturated rings. The number of nitrogens with two attached hydrogens (primary N) is 1. The molecule has 1 aromatic rings. The molecule has 70 valence electrons. The molecule has 3 N–H and O–H groups in total. The summed E-state index contributed by atoms with van der Waals surface area (Å²) in [5.41, 5.74) is 8.50. The van der Waals surface area contributed by atoms with E-state index in [0.29, 0.717) is 0 Å². The summed E-state index contributed by atoms with van der Waals surface area (Å²) < 4.78 is 0. The number of hydrogen-bond acceptors (Lipinski definition) is 3. The van der Waals surface area contributed by atoms with Gasteiger partial charge in [0.2, 0.25) is 0 Å². The van der Waals surface area contributed by atoms with Gasteiger partial charge in [-0.1, -0.05) is 0 Å². The molecule has 0 amide bonds. The predicted octanol–water partition coefficient (Wildman–Crippen LogP) is 1.38. The highest BCUT2D eigenvalue weighted by atomic mass is 14.9. The van der Waals surface area contributed by atoms with Crippen LogP contribution in [0, 0.1) is 0 Å². The van der Waals surface area contributed by atoms with E-state index in [9.17, 15) is 0 Å². The van der Waals surface area contributed by atoms with Gasteiger partial charge in [-0.05, 0) is 35.9 Å². The highest BCUT2D eigenvalue weighted by molar-refractivity contribution is 5.56. The van der Waals surface area contributed by atoms with E-state index in [1.54, 1.807) is 12.4 Å². The summed E-state index contributed by atoms with van der Waals surface area (Å²) in [6, 6.07) is 3.88. The van der Waals surface area contributed by atoms with Gasteiger partial charge in [-0.25, -0.2) is 0 Å². The largest absolute Gasteiger partial charge is 0.399 e. The Hall–Kier alpha value is -2.03. The Morgan fingerprint density at radius 1 is 1.29 bits per heavy atom. The van der Waals surface area contributed by atoms with Crippen molar-refractivity contribution in [1.29, 1.82) is 0 Å². The van der Waals surface area contributed by atoms with Crippen LogP contribution in [0.1, 0.15) is 5.56 Å². The molecular formula is C11H11N3. The van der Waals surface area contributed by atoms with E-state index < -0.39 is 0 Å². The Labute approximate surface area is 82.7 Å². The van der Waals surface area contributed by atoms with Gasteiger partial charge in [-0.2, -0.15) is 0 Å². The van der Waals surface area contributed by atoms with Crippen LogP contribution in [0.5, 0.6) is 0 Å². The number of aromatic nitrogens is 1. The summed E-state index contributed by atoms with van der Waals surface area (Å²) >= 11 is 0. The maximum absolute atomic E-state index is 5.66. The molecule has 1 aromatic heterocycles. The number of pyridine rings is 1. The Bertz CT molecular complexity index is 402. The van der Waals surface area contributed by atoms with Crippen molar-refractivity contribution in [2.75, 3.05) is 0 Å². The zero-order chi connectivity index (χ0) is 9.80. The van der Waals surface area contributed by atoms with Gasteiger partial charge in [-0.3, -0.25) is 4.98 Å². The smallest absolute Gasteiger partial charge is 0.0406 e. The van der Waals surface area contributed by atoms with Gasteiger partial charge in [0, 0.05) is 30.0 Å². The Balaban J connectivity index is 2.24. The number of dihydropyridines is 1. The minimum atomic E-state index is 0.754. The van der Waals surface area contributed by atoms with E-state index in [-0.39, 0.29) is 0 Å². The third-order valence-electron chi connectivity index (χ3n) is 1.88. The van der Waals surface area contributed by atoms with Crippen LogP contribution in [-0.4, -0.2) is 4.98 Å². The molecule has 0 saturated carbocycles. The molecule has 0 aliphatic carbocycles. The number of hydrogen-bond donors (Lipinski definition) is 2. The van der Waals surface area contributed by atoms with Gasteiger partial charge in [0.25, 0.3) is 0 Å². The molecular weight excluding hydrogens is 174 g/mol. The van der Waals surface area contributed by atoms with Crippen LogP contribution >= 0.6 is 0 Å². The first-order chi connectivity index (χ1) is 6.84. The Kier molecular flexibility index (Phi) is 2.32. The molecule has 0 atom stereocenters. The standard InChI is InChI=1S/C11H11N3/c12-10-3-6-14-11(8-10)7-9-1-4-13-5-2-9/h1-8,14H,12H2. The van der Waals surface area contributed by atoms with Crippen molar-refractivity contribution < 1.29 is 0 Å². The first-order valence-corrected chi connectivity index (χ1v) is 4.36. The first-order valence-electron chi connectivity index (χ1n) is 4.36. The van der Waals surface area contributed by atoms with E-state index in [2.05, 4.69) is 10.3 Å². The average Bonchev–Trinajstić information content (AvgIpc) is 2.19. The number of nitrogens with one attached hydrogen (secondary N) is 1. The maximum Gasteiger partial charge on any atom is 0.0406 e. The predicted molar refractivity (Wildman–Crippen MR) is 56.8 cm³/mol. The molecule has 0 saturated heterocycles. The van der Waals surface area contributed by atoms with E-state index in [4.69, 9.17) is 5.73 Å². The molecule has 14 heavy (non-hydrogen) atoms. The van der Waals surface area contributed by atoms with Gasteiger partial charge in [0.05, 0.1) is 0 Å². The summed E-state index contributed by atoms with van der Waals surface area (Å²) in [6.45, 7) is 0. The fraction of sp³-hybridized carbons (Fsp3) is 0. The molecule has 2 heterocycles. The minimum Gasteiger partial charge on any atom is -0.399 e. The van der Waals surface area contributed by atoms with Crippen molar-refractivity contribution >= 4 is 6.08 Å². The van der Waals surface area contributed by atoms with Crippen LogP contribution in [0.25, 0.3) is 6.08 Å². The maximum atomic E-state index is 5.66. The van der Waals surface area contributed by atoms with Crippen molar-refractivity contribution in [2.24, 2.45) is 5.73 Å². The fourth-order valence-electron chi connectivity index (χ4n) is 1.23. The van der Waals surface area contributed by atoms with Gasteiger partial charge in [0.1, 0.15) is 0 Å². The monoisotopic (exact) mass is 185 g/mol. The molecule has 0 aromatic carbocycles. The summed E-state index contributed by atoms with van der Waals surface area (Å²) in [7, 11) is 0. The van der Waals surface area contributed by atoms with Crippen LogP contribution in [0.4, 0.5) is 0 Å². The third kappa shape index (κ3) is 2.01. The second-order valence-electron chi connectivity index (χ2n) is 3.00. The SMILES string of the molecule is NC1=CC(=Cc2ccncc2)NC=C1. The topological polar surface area (TPSA) is 50.9 Å². The van der Waals surface area contributed by atoms with Crippen molar-refractivity contribution in [2.45, 2.75) is 0 Å². The highest BCUT2D eigenvalue weighted by Gasteiger charge is 1.96. The van der Waals surface area contributed by atoms with Crippen molar-refractivity contribution in [3.05, 3.63) is 59.8 Å². The van der Waals surface area contributed by atoms with Gasteiger partial charge in [-0.15, -0.1) is 0 Å². The molecule has 0 bridgehead atoms. The zero-order valence-electron chi connectivity index (χ0n) is 7.64. The fourth-order valence-corrected chi connectivity index (χ4v) is 1.23. The molecule has 3 nitrogen and oxygen atoms in total. The van der Waals surface area contributed by atoms with E-state index >= 15 is 0 Å². The molecule has 2 rings (SSSR count). The summed E-state index contributed by atoms with van der Waals surface area (Å²) in [4.78, 5) is 3.95. The Morgan fingerprint density at radius 3 is 2.79 bits per heavy atom. The van der Waals surface area contributed by atoms with Crippen LogP contribution in [0.3, 0.4) is 0 Å². The molecule has 0 radical (unpaired) electrons. The summed E-state index contributed by atoms with van der Waals surface area (Å²) in [5, 5.41) is 3.10. The van der Waals surface area contributed by atoms with E-state index in [1.807, 2.05) is 36.6 Å². The van der Waals surface area contributed by atoms with Crippen LogP contribution < -0.4 is 11.1 Å². The lowest BCUT2D eigenvalue weighted by Gasteiger charge is -2.08. The van der Waals surface area contributed by atoms with Gasteiger partial charge in [0.15, 0.2) is 0 Å². The number of allylic oxidation sites excluding steroid dienone is 2. The lowest BCUT2D eigenvalue weighted by atomic mass is 10.2. The second-order valence-corrected chi connectivity index (χ2v) is 3.00. The van der Waals surface area contributed by atoms with Crippen molar-refractivity contribution in [3.63, 3.8) is 0 Å². The number of nitrogens with zero attached hydrogens (tertiary/aromatic N) is 1. The van der Waals surface area contributed by atoms with Gasteiger partial charge >= 0.3 is 0 Å². The summed E-state index contributed by atoms with van der Waals surface area (Å²) in [5.74, 6) is 0. The molecule has 0 spiro atoms. The quantitative estimate of drug-likeness (QED) is 0.695. The molecule has 1 aliphatic heterocycles.